The second-order valence-corrected chi connectivity index (χ2v) is 15.8. The molecule has 0 atom stereocenters. The van der Waals surface area contributed by atoms with Gasteiger partial charge in [-0.15, -0.1) is 0 Å². The van der Waals surface area contributed by atoms with Crippen LogP contribution in [0.2, 0.25) is 0 Å². The van der Waals surface area contributed by atoms with Gasteiger partial charge in [-0.2, -0.15) is 0 Å². The van der Waals surface area contributed by atoms with Gasteiger partial charge in [0.1, 0.15) is 11.5 Å². The van der Waals surface area contributed by atoms with Gasteiger partial charge in [0.2, 0.25) is 0 Å². The molecule has 0 bridgehead atoms. The van der Waals surface area contributed by atoms with Crippen molar-refractivity contribution in [2.75, 3.05) is 4.90 Å². The third kappa shape index (κ3) is 5.66. The van der Waals surface area contributed by atoms with Gasteiger partial charge in [0.25, 0.3) is 0 Å². The van der Waals surface area contributed by atoms with Gasteiger partial charge in [0, 0.05) is 22.5 Å². The number of anilines is 3. The zero-order valence-corrected chi connectivity index (χ0v) is 32.3. The molecular formula is C55H39NO2. The van der Waals surface area contributed by atoms with Crippen LogP contribution in [0.3, 0.4) is 0 Å². The Bertz CT molecular complexity index is 3030. The molecule has 0 spiro atoms. The van der Waals surface area contributed by atoms with Crippen LogP contribution in [0.1, 0.15) is 25.0 Å². The van der Waals surface area contributed by atoms with E-state index in [1.165, 1.54) is 33.4 Å². The van der Waals surface area contributed by atoms with E-state index in [1.807, 2.05) is 30.3 Å². The number of nitrogens with zero attached hydrogens (tertiary/aromatic N) is 1. The second kappa shape index (κ2) is 13.4. The number of ether oxygens (including phenoxy) is 2. The van der Waals surface area contributed by atoms with Gasteiger partial charge in [-0.1, -0.05) is 147 Å². The highest BCUT2D eigenvalue weighted by Crippen LogP contribution is 2.51. The van der Waals surface area contributed by atoms with Crippen LogP contribution in [-0.2, 0) is 5.41 Å². The average Bonchev–Trinajstić information content (AvgIpc) is 3.38. The molecule has 1 heterocycles. The van der Waals surface area contributed by atoms with Crippen molar-refractivity contribution < 1.29 is 9.47 Å². The standard InChI is InChI=1S/C55H39NO2/c1-55(2)48-21-7-6-20-46(48)47-30-29-45(35-49(47)55)56(43-27-24-37(25-28-43)36-12-4-3-5-13-36)44-19-9-18-41(33-44)39-16-8-17-40(32-39)42-26-31-50-53(34-42)58-52-23-11-15-38-14-10-22-51(57-50)54(38)52/h3-35H,1-2H3. The van der Waals surface area contributed by atoms with Crippen LogP contribution < -0.4 is 14.4 Å². The predicted molar refractivity (Wildman–Crippen MR) is 239 cm³/mol. The van der Waals surface area contributed by atoms with E-state index < -0.39 is 0 Å². The minimum absolute atomic E-state index is 0.114. The normalized spacial score (nSPS) is 13.1. The van der Waals surface area contributed by atoms with Crippen molar-refractivity contribution in [3.8, 4) is 67.5 Å². The molecule has 3 nitrogen and oxygen atoms in total. The Morgan fingerprint density at radius 2 is 0.897 bits per heavy atom. The van der Waals surface area contributed by atoms with Crippen LogP contribution in [0.25, 0.3) is 55.3 Å². The Hall–Kier alpha value is -7.36. The van der Waals surface area contributed by atoms with Crippen LogP contribution >= 0.6 is 0 Å². The van der Waals surface area contributed by atoms with Crippen LogP contribution in [0.4, 0.5) is 17.1 Å². The molecule has 0 saturated heterocycles. The summed E-state index contributed by atoms with van der Waals surface area (Å²) in [4.78, 5) is 2.39. The molecule has 3 heteroatoms. The molecule has 0 radical (unpaired) electrons. The smallest absolute Gasteiger partial charge is 0.170 e. The van der Waals surface area contributed by atoms with E-state index in [-0.39, 0.29) is 5.41 Å². The highest BCUT2D eigenvalue weighted by atomic mass is 16.5. The first kappa shape index (κ1) is 33.9. The van der Waals surface area contributed by atoms with Gasteiger partial charge in [0.05, 0.1) is 5.39 Å². The second-order valence-electron chi connectivity index (χ2n) is 15.8. The Morgan fingerprint density at radius 3 is 1.67 bits per heavy atom. The highest BCUT2D eigenvalue weighted by molar-refractivity contribution is 5.95. The first-order chi connectivity index (χ1) is 28.5. The minimum atomic E-state index is -0.114. The summed E-state index contributed by atoms with van der Waals surface area (Å²) >= 11 is 0. The van der Waals surface area contributed by atoms with Gasteiger partial charge in [-0.05, 0) is 128 Å². The fraction of sp³-hybridized carbons (Fsp3) is 0.0545. The number of hydrogen-bond donors (Lipinski definition) is 0. The summed E-state index contributed by atoms with van der Waals surface area (Å²) < 4.78 is 13.0. The molecule has 0 unspecified atom stereocenters. The molecule has 58 heavy (non-hydrogen) atoms. The molecule has 0 amide bonds. The topological polar surface area (TPSA) is 21.7 Å². The molecule has 0 aromatic heterocycles. The Labute approximate surface area is 339 Å². The fourth-order valence-corrected chi connectivity index (χ4v) is 8.95. The maximum Gasteiger partial charge on any atom is 0.170 e. The molecule has 11 rings (SSSR count). The average molecular weight is 746 g/mol. The summed E-state index contributed by atoms with van der Waals surface area (Å²) in [5, 5.41) is 2.07. The largest absolute Gasteiger partial charge is 0.453 e. The highest BCUT2D eigenvalue weighted by Gasteiger charge is 2.35. The summed E-state index contributed by atoms with van der Waals surface area (Å²) in [6, 6.07) is 71.4. The lowest BCUT2D eigenvalue weighted by atomic mass is 9.82. The van der Waals surface area contributed by atoms with Gasteiger partial charge >= 0.3 is 0 Å². The zero-order valence-electron chi connectivity index (χ0n) is 32.3. The van der Waals surface area contributed by atoms with Crippen LogP contribution in [0.5, 0.6) is 23.0 Å². The molecule has 0 N–H and O–H groups in total. The lowest BCUT2D eigenvalue weighted by molar-refractivity contribution is 0.439. The molecular weight excluding hydrogens is 707 g/mol. The number of hydrogen-bond acceptors (Lipinski definition) is 3. The lowest BCUT2D eigenvalue weighted by Gasteiger charge is -2.28. The third-order valence-corrected chi connectivity index (χ3v) is 11.9. The third-order valence-electron chi connectivity index (χ3n) is 11.9. The van der Waals surface area contributed by atoms with Crippen molar-refractivity contribution in [1.29, 1.82) is 0 Å². The van der Waals surface area contributed by atoms with Gasteiger partial charge < -0.3 is 14.4 Å². The molecule has 9 aromatic rings. The Kier molecular flexibility index (Phi) is 7.84. The van der Waals surface area contributed by atoms with E-state index in [2.05, 4.69) is 189 Å². The van der Waals surface area contributed by atoms with Crippen molar-refractivity contribution in [3.05, 3.63) is 211 Å². The maximum absolute atomic E-state index is 6.54. The van der Waals surface area contributed by atoms with E-state index in [0.717, 1.165) is 61.6 Å². The molecule has 1 aliphatic heterocycles. The lowest BCUT2D eigenvalue weighted by Crippen LogP contribution is -2.16. The summed E-state index contributed by atoms with van der Waals surface area (Å²) in [6.45, 7) is 4.69. The molecule has 2 aliphatic rings. The molecule has 0 fully saturated rings. The quantitative estimate of drug-likeness (QED) is 0.169. The molecule has 1 aliphatic carbocycles. The SMILES string of the molecule is CC1(C)c2ccccc2-c2ccc(N(c3ccc(-c4ccccc4)cc3)c3cccc(-c4cccc(-c5ccc6c(c5)Oc5cccc7cccc(c57)O6)c4)c3)cc21. The zero-order chi connectivity index (χ0) is 38.8. The molecule has 9 aromatic carbocycles. The number of rotatable bonds is 6. The van der Waals surface area contributed by atoms with E-state index in [0.29, 0.717) is 11.5 Å². The first-order valence-electron chi connectivity index (χ1n) is 19.9. The minimum Gasteiger partial charge on any atom is -0.453 e. The predicted octanol–water partition coefficient (Wildman–Crippen LogP) is 15.5. The number of benzene rings is 9. The summed E-state index contributed by atoms with van der Waals surface area (Å²) in [7, 11) is 0. The van der Waals surface area contributed by atoms with Crippen LogP contribution in [0, 0.1) is 0 Å². The van der Waals surface area contributed by atoms with Gasteiger partial charge in [0.15, 0.2) is 11.5 Å². The maximum atomic E-state index is 6.54. The van der Waals surface area contributed by atoms with E-state index in [9.17, 15) is 0 Å². The van der Waals surface area contributed by atoms with Crippen molar-refractivity contribution in [3.63, 3.8) is 0 Å². The molecule has 0 saturated carbocycles. The Morgan fingerprint density at radius 1 is 0.345 bits per heavy atom. The first-order valence-corrected chi connectivity index (χ1v) is 19.9. The van der Waals surface area contributed by atoms with Crippen molar-refractivity contribution in [1.82, 2.24) is 0 Å². The van der Waals surface area contributed by atoms with E-state index >= 15 is 0 Å². The van der Waals surface area contributed by atoms with Gasteiger partial charge in [-0.25, -0.2) is 0 Å². The van der Waals surface area contributed by atoms with E-state index in [4.69, 9.17) is 9.47 Å². The van der Waals surface area contributed by atoms with Crippen LogP contribution in [0.15, 0.2) is 200 Å². The number of fused-ring (bicyclic) bond motifs is 4. The van der Waals surface area contributed by atoms with Crippen molar-refractivity contribution in [2.45, 2.75) is 19.3 Å². The fourth-order valence-electron chi connectivity index (χ4n) is 8.95. The van der Waals surface area contributed by atoms with Crippen molar-refractivity contribution in [2.24, 2.45) is 0 Å². The summed E-state index contributed by atoms with van der Waals surface area (Å²) in [5.41, 5.74) is 15.4. The van der Waals surface area contributed by atoms with Gasteiger partial charge in [-0.3, -0.25) is 0 Å². The van der Waals surface area contributed by atoms with Crippen molar-refractivity contribution >= 4 is 27.8 Å². The molecule has 276 valence electrons. The van der Waals surface area contributed by atoms with E-state index in [1.54, 1.807) is 0 Å². The summed E-state index contributed by atoms with van der Waals surface area (Å²) in [5.74, 6) is 3.00. The summed E-state index contributed by atoms with van der Waals surface area (Å²) in [6.07, 6.45) is 0. The van der Waals surface area contributed by atoms with Crippen LogP contribution in [-0.4, -0.2) is 0 Å². The monoisotopic (exact) mass is 745 g/mol. The Balaban J connectivity index is 0.977.